The van der Waals surface area contributed by atoms with E-state index in [2.05, 4.69) is 199 Å². The van der Waals surface area contributed by atoms with Crippen molar-refractivity contribution in [3.63, 3.8) is 0 Å². The Hall–Kier alpha value is -8.15. The summed E-state index contributed by atoms with van der Waals surface area (Å²) in [6.07, 6.45) is 4.37. The molecule has 0 aliphatic heterocycles. The van der Waals surface area contributed by atoms with Crippen LogP contribution in [0.3, 0.4) is 0 Å². The molecule has 0 N–H and O–H groups in total. The van der Waals surface area contributed by atoms with Crippen molar-refractivity contribution in [3.05, 3.63) is 218 Å². The monoisotopic (exact) mass is 795 g/mol. The van der Waals surface area contributed by atoms with Gasteiger partial charge in [-0.15, -0.1) is 0 Å². The first-order valence-corrected chi connectivity index (χ1v) is 21.1. The van der Waals surface area contributed by atoms with Crippen molar-refractivity contribution in [1.29, 1.82) is 0 Å². The molecule has 0 aliphatic carbocycles. The number of nitrogens with zero attached hydrogens (tertiary/aromatic N) is 5. The van der Waals surface area contributed by atoms with Crippen LogP contribution in [0.15, 0.2) is 206 Å². The van der Waals surface area contributed by atoms with Gasteiger partial charge in [-0.3, -0.25) is 0 Å². The molecule has 0 bridgehead atoms. The van der Waals surface area contributed by atoms with Gasteiger partial charge in [-0.2, -0.15) is 0 Å². The molecule has 11 rings (SSSR count). The lowest BCUT2D eigenvalue weighted by molar-refractivity contribution is 1.07. The van der Waals surface area contributed by atoms with Crippen molar-refractivity contribution in [3.8, 4) is 67.8 Å². The van der Waals surface area contributed by atoms with E-state index in [9.17, 15) is 0 Å². The molecule has 0 atom stereocenters. The number of benzene rings is 8. The number of aryl methyl sites for hydroxylation is 1. The number of rotatable bonds is 8. The second-order valence-corrected chi connectivity index (χ2v) is 15.6. The SMILES string of the molecule is C/C=C\c1c(C)c2ccccc2n1-c1cccc2c1c1ccccc1n2-c1c(-c2ccccc2)cc(-c2nc(-c3ccccc3)nc(-c3ccccc3)n2)cc1-c1ccccc1. The van der Waals surface area contributed by atoms with Crippen molar-refractivity contribution in [1.82, 2.24) is 24.1 Å². The molecule has 294 valence electrons. The number of fused-ring (bicyclic) bond motifs is 4. The highest BCUT2D eigenvalue weighted by molar-refractivity contribution is 6.15. The molecule has 62 heavy (non-hydrogen) atoms. The molecule has 0 fully saturated rings. The first-order chi connectivity index (χ1) is 30.7. The summed E-state index contributed by atoms with van der Waals surface area (Å²) in [5, 5.41) is 3.62. The Morgan fingerprint density at radius 3 is 1.37 bits per heavy atom. The van der Waals surface area contributed by atoms with Gasteiger partial charge in [0, 0.05) is 49.7 Å². The third-order valence-corrected chi connectivity index (χ3v) is 11.9. The summed E-state index contributed by atoms with van der Waals surface area (Å²) < 4.78 is 4.92. The molecule has 3 aromatic heterocycles. The molecule has 8 aromatic carbocycles. The second-order valence-electron chi connectivity index (χ2n) is 15.6. The third kappa shape index (κ3) is 6.22. The maximum Gasteiger partial charge on any atom is 0.164 e. The Morgan fingerprint density at radius 2 is 0.839 bits per heavy atom. The minimum absolute atomic E-state index is 0.606. The van der Waals surface area contributed by atoms with E-state index in [1.807, 2.05) is 36.4 Å². The molecule has 0 saturated heterocycles. The van der Waals surface area contributed by atoms with Gasteiger partial charge in [0.25, 0.3) is 0 Å². The minimum Gasteiger partial charge on any atom is -0.309 e. The van der Waals surface area contributed by atoms with Crippen LogP contribution in [0.25, 0.3) is 107 Å². The maximum absolute atomic E-state index is 5.22. The van der Waals surface area contributed by atoms with E-state index in [0.717, 1.165) is 61.4 Å². The summed E-state index contributed by atoms with van der Waals surface area (Å²) >= 11 is 0. The third-order valence-electron chi connectivity index (χ3n) is 11.9. The zero-order valence-corrected chi connectivity index (χ0v) is 34.4. The van der Waals surface area contributed by atoms with Gasteiger partial charge in [0.15, 0.2) is 17.5 Å². The van der Waals surface area contributed by atoms with Gasteiger partial charge in [0.05, 0.1) is 27.9 Å². The summed E-state index contributed by atoms with van der Waals surface area (Å²) in [6.45, 7) is 4.32. The van der Waals surface area contributed by atoms with Gasteiger partial charge in [0.1, 0.15) is 0 Å². The minimum atomic E-state index is 0.606. The van der Waals surface area contributed by atoms with E-state index in [0.29, 0.717) is 17.5 Å². The zero-order chi connectivity index (χ0) is 41.6. The van der Waals surface area contributed by atoms with Crippen LogP contribution in [0.2, 0.25) is 0 Å². The van der Waals surface area contributed by atoms with Crippen LogP contribution in [0, 0.1) is 6.92 Å². The molecular weight excluding hydrogens is 755 g/mol. The summed E-state index contributed by atoms with van der Waals surface area (Å²) in [7, 11) is 0. The largest absolute Gasteiger partial charge is 0.309 e. The lowest BCUT2D eigenvalue weighted by atomic mass is 9.92. The van der Waals surface area contributed by atoms with Gasteiger partial charge in [-0.1, -0.05) is 170 Å². The van der Waals surface area contributed by atoms with Crippen molar-refractivity contribution in [2.24, 2.45) is 0 Å². The van der Waals surface area contributed by atoms with Gasteiger partial charge in [-0.05, 0) is 73.0 Å². The number of hydrogen-bond donors (Lipinski definition) is 0. The predicted octanol–water partition coefficient (Wildman–Crippen LogP) is 14.6. The number of allylic oxidation sites excluding steroid dienone is 1. The maximum atomic E-state index is 5.22. The highest BCUT2D eigenvalue weighted by Gasteiger charge is 2.25. The van der Waals surface area contributed by atoms with E-state index in [4.69, 9.17) is 15.0 Å². The second kappa shape index (κ2) is 15.5. The highest BCUT2D eigenvalue weighted by atomic mass is 15.0. The molecule has 0 aliphatic rings. The standard InChI is InChI=1S/C57H41N5/c1-3-21-48-38(2)44-30-16-18-32-49(44)61(48)51-34-20-35-52-53(51)45-31-17-19-33-50(45)62(52)54-46(39-22-8-4-9-23-39)36-43(37-47(54)40-24-10-5-11-25-40)57-59-55(41-26-12-6-13-27-41)58-56(60-57)42-28-14-7-15-29-42/h3-37H,1-2H3/b21-3-. The van der Waals surface area contributed by atoms with Crippen LogP contribution in [-0.4, -0.2) is 24.1 Å². The molecule has 0 amide bonds. The van der Waals surface area contributed by atoms with E-state index < -0.39 is 0 Å². The van der Waals surface area contributed by atoms with Crippen molar-refractivity contribution < 1.29 is 0 Å². The fourth-order valence-corrected chi connectivity index (χ4v) is 9.08. The Bertz CT molecular complexity index is 3340. The van der Waals surface area contributed by atoms with Crippen molar-refractivity contribution >= 4 is 38.8 Å². The molecule has 0 radical (unpaired) electrons. The Kier molecular flexibility index (Phi) is 9.20. The van der Waals surface area contributed by atoms with Crippen molar-refractivity contribution in [2.45, 2.75) is 13.8 Å². The summed E-state index contributed by atoms with van der Waals surface area (Å²) in [4.78, 5) is 15.5. The Morgan fingerprint density at radius 1 is 0.403 bits per heavy atom. The number of para-hydroxylation sites is 2. The van der Waals surface area contributed by atoms with Crippen molar-refractivity contribution in [2.75, 3.05) is 0 Å². The zero-order valence-electron chi connectivity index (χ0n) is 34.4. The van der Waals surface area contributed by atoms with Gasteiger partial charge in [0.2, 0.25) is 0 Å². The van der Waals surface area contributed by atoms with E-state index >= 15 is 0 Å². The fourth-order valence-electron chi connectivity index (χ4n) is 9.08. The van der Waals surface area contributed by atoms with E-state index in [1.165, 1.54) is 32.9 Å². The summed E-state index contributed by atoms with van der Waals surface area (Å²) in [5.74, 6) is 1.86. The van der Waals surface area contributed by atoms with Crippen LogP contribution in [0.1, 0.15) is 18.2 Å². The average molecular weight is 796 g/mol. The summed E-state index contributed by atoms with van der Waals surface area (Å²) in [6, 6.07) is 70.6. The topological polar surface area (TPSA) is 48.5 Å². The molecule has 0 unspecified atom stereocenters. The van der Waals surface area contributed by atoms with Crippen LogP contribution in [0.4, 0.5) is 0 Å². The van der Waals surface area contributed by atoms with Crippen LogP contribution >= 0.6 is 0 Å². The lowest BCUT2D eigenvalue weighted by Gasteiger charge is -2.21. The molecule has 3 heterocycles. The van der Waals surface area contributed by atoms with Gasteiger partial charge >= 0.3 is 0 Å². The normalized spacial score (nSPS) is 11.6. The molecule has 5 nitrogen and oxygen atoms in total. The fraction of sp³-hybridized carbons (Fsp3) is 0.0351. The average Bonchev–Trinajstić information content (AvgIpc) is 3.83. The predicted molar refractivity (Wildman–Crippen MR) is 258 cm³/mol. The molecule has 11 aromatic rings. The number of hydrogen-bond acceptors (Lipinski definition) is 3. The molecule has 5 heteroatoms. The smallest absolute Gasteiger partial charge is 0.164 e. The van der Waals surface area contributed by atoms with Gasteiger partial charge < -0.3 is 9.13 Å². The molecule has 0 saturated carbocycles. The number of aromatic nitrogens is 5. The Balaban J connectivity index is 1.26. The van der Waals surface area contributed by atoms with E-state index in [1.54, 1.807) is 0 Å². The lowest BCUT2D eigenvalue weighted by Crippen LogP contribution is -2.04. The van der Waals surface area contributed by atoms with Crippen LogP contribution in [0.5, 0.6) is 0 Å². The summed E-state index contributed by atoms with van der Waals surface area (Å²) in [5.41, 5.74) is 15.2. The van der Waals surface area contributed by atoms with E-state index in [-0.39, 0.29) is 0 Å². The molecular formula is C57H41N5. The highest BCUT2D eigenvalue weighted by Crippen LogP contribution is 2.45. The molecule has 0 spiro atoms. The van der Waals surface area contributed by atoms with Crippen LogP contribution in [-0.2, 0) is 0 Å². The first-order valence-electron chi connectivity index (χ1n) is 21.1. The van der Waals surface area contributed by atoms with Gasteiger partial charge in [-0.25, -0.2) is 15.0 Å². The Labute approximate surface area is 360 Å². The van der Waals surface area contributed by atoms with Crippen LogP contribution < -0.4 is 0 Å². The quantitative estimate of drug-likeness (QED) is 0.154. The first kappa shape index (κ1) is 36.9.